The van der Waals surface area contributed by atoms with Gasteiger partial charge in [0.05, 0.1) is 30.5 Å². The van der Waals surface area contributed by atoms with Crippen molar-refractivity contribution in [1.29, 1.82) is 0 Å². The molecule has 10 heteroatoms. The summed E-state index contributed by atoms with van der Waals surface area (Å²) in [6.45, 7) is 3.65. The van der Waals surface area contributed by atoms with Gasteiger partial charge in [-0.25, -0.2) is 4.79 Å². The lowest BCUT2D eigenvalue weighted by molar-refractivity contribution is -0.286. The fraction of sp³-hybridized carbons (Fsp3) is 0.796. The summed E-state index contributed by atoms with van der Waals surface area (Å²) in [5.41, 5.74) is -2.94. The summed E-state index contributed by atoms with van der Waals surface area (Å²) in [7, 11) is 9.19. The van der Waals surface area contributed by atoms with E-state index in [1.54, 1.807) is 33.5 Å². The van der Waals surface area contributed by atoms with Crippen LogP contribution in [0.2, 0.25) is 0 Å². The minimum Gasteiger partial charge on any atom is -0.458 e. The fourth-order valence-corrected chi connectivity index (χ4v) is 14.5. The van der Waals surface area contributed by atoms with Crippen LogP contribution in [0.1, 0.15) is 133 Å². The van der Waals surface area contributed by atoms with Crippen LogP contribution in [0, 0.1) is 34.5 Å². The van der Waals surface area contributed by atoms with Crippen molar-refractivity contribution < 1.29 is 43.1 Å². The third-order valence-corrected chi connectivity index (χ3v) is 16.3. The maximum absolute atomic E-state index is 14.5. The first-order valence-corrected chi connectivity index (χ1v) is 23.3. The Morgan fingerprint density at radius 2 is 1.49 bits per heavy atom. The van der Waals surface area contributed by atoms with Crippen molar-refractivity contribution in [2.45, 2.75) is 164 Å². The average Bonchev–Trinajstić information content (AvgIpc) is 3.63. The quantitative estimate of drug-likeness (QED) is 0.0657. The molecule has 6 fully saturated rings. The molecule has 5 aliphatic carbocycles. The lowest BCUT2D eigenvalue weighted by Crippen LogP contribution is -2.77. The van der Waals surface area contributed by atoms with Gasteiger partial charge in [0.25, 0.3) is 0 Å². The normalized spacial score (nSPS) is 39.1. The number of hydrogen-bond donors (Lipinski definition) is 1. The fourth-order valence-electron chi connectivity index (χ4n) is 14.5. The van der Waals surface area contributed by atoms with E-state index in [4.69, 9.17) is 28.4 Å². The van der Waals surface area contributed by atoms with Crippen LogP contribution >= 0.6 is 0 Å². The molecule has 13 atom stereocenters. The molecule has 1 saturated heterocycles. The number of esters is 2. The van der Waals surface area contributed by atoms with Crippen LogP contribution in [0.3, 0.4) is 0 Å². The van der Waals surface area contributed by atoms with E-state index in [1.807, 2.05) is 25.3 Å². The number of carbonyl (C=O) groups is 2. The maximum Gasteiger partial charge on any atom is 0.338 e. The summed E-state index contributed by atoms with van der Waals surface area (Å²) in [5.74, 6) is -1.73. The number of carbonyl (C=O) groups excluding carboxylic acids is 2. The van der Waals surface area contributed by atoms with Gasteiger partial charge < -0.3 is 38.4 Å². The van der Waals surface area contributed by atoms with Crippen molar-refractivity contribution in [3.63, 3.8) is 0 Å². The van der Waals surface area contributed by atoms with Crippen LogP contribution in [0.5, 0.6) is 0 Å². The molecule has 10 nitrogen and oxygen atoms in total. The molecule has 0 radical (unpaired) electrons. The van der Waals surface area contributed by atoms with Gasteiger partial charge >= 0.3 is 11.9 Å². The highest BCUT2D eigenvalue weighted by Crippen LogP contribution is 2.80. The molecule has 1 spiro atoms. The Balaban J connectivity index is 1.13. The van der Waals surface area contributed by atoms with Crippen LogP contribution < -0.4 is 0 Å². The summed E-state index contributed by atoms with van der Waals surface area (Å²) in [5, 5.41) is 13.0. The Morgan fingerprint density at radius 1 is 0.831 bits per heavy atom. The highest BCUT2D eigenvalue weighted by Gasteiger charge is 2.89. The Hall–Kier alpha value is -2.34. The standard InChI is InChI=1S/C49H75NO9/c1-7-8-9-10-11-12-13-14-15-16-17-18-19-20-24-27-38(51)59-48-31-37(56-5)47(53)30-35(39(48)44(47)58-45(52)34-25-22-21-23-26-34)49-36(55-4)28-29-46(33-54-3)32-50(2)43(49)40(48)41(57-6)42(46)49/h14-15,21-23,25-26,35-37,39-44,53H,7-13,16-20,24,27-33H2,1-6H3/b15-14-/t35-,36+,37+,39-,40+,41+,42-,43?,44-,46+,47+,48-,49+/m1/s1. The molecule has 1 heterocycles. The SMILES string of the molecule is CCCCCCCC/C=C\CCCCCCCC(=O)O[C@]12C[C@H](OC)[C@@]3(O)C[C@H]([C@@H]1[C@H]3OC(=O)c1ccccc1)[C@@]13C4[C@@H]2[C@H](OC)[C@@H]1[C@@](COC)(CC[C@@H]3OC)CN4C. The number of fused-ring (bicyclic) bond motifs is 2. The Labute approximate surface area is 354 Å². The van der Waals surface area contributed by atoms with Gasteiger partial charge in [-0.15, -0.1) is 0 Å². The molecule has 59 heavy (non-hydrogen) atoms. The number of unbranched alkanes of at least 4 members (excludes halogenated alkanes) is 11. The summed E-state index contributed by atoms with van der Waals surface area (Å²) >= 11 is 0. The average molecular weight is 822 g/mol. The van der Waals surface area contributed by atoms with E-state index in [-0.39, 0.29) is 47.4 Å². The highest BCUT2D eigenvalue weighted by molar-refractivity contribution is 5.89. The zero-order valence-corrected chi connectivity index (χ0v) is 37.0. The van der Waals surface area contributed by atoms with Gasteiger partial charge in [0.1, 0.15) is 17.3 Å². The smallest absolute Gasteiger partial charge is 0.338 e. The molecule has 0 amide bonds. The van der Waals surface area contributed by atoms with E-state index < -0.39 is 40.7 Å². The largest absolute Gasteiger partial charge is 0.458 e. The number of hydrogen-bond acceptors (Lipinski definition) is 10. The molecule has 1 N–H and O–H groups in total. The van der Waals surface area contributed by atoms with Crippen molar-refractivity contribution in [3.8, 4) is 0 Å². The van der Waals surface area contributed by atoms with Gasteiger partial charge in [0.2, 0.25) is 0 Å². The van der Waals surface area contributed by atoms with Crippen LogP contribution in [0.15, 0.2) is 42.5 Å². The molecule has 1 aromatic rings. The molecule has 330 valence electrons. The Morgan fingerprint density at radius 3 is 2.14 bits per heavy atom. The first-order chi connectivity index (χ1) is 28.6. The lowest BCUT2D eigenvalue weighted by atomic mass is 9.43. The van der Waals surface area contributed by atoms with Gasteiger partial charge in [-0.2, -0.15) is 0 Å². The zero-order valence-electron chi connectivity index (χ0n) is 37.0. The Kier molecular flexibility index (Phi) is 14.4. The number of aliphatic hydroxyl groups is 1. The Bertz CT molecular complexity index is 1590. The number of ether oxygens (including phenoxy) is 6. The topological polar surface area (TPSA) is 113 Å². The molecule has 0 aromatic heterocycles. The van der Waals surface area contributed by atoms with Crippen molar-refractivity contribution in [1.82, 2.24) is 4.90 Å². The van der Waals surface area contributed by atoms with Gasteiger partial charge in [0.15, 0.2) is 0 Å². The summed E-state index contributed by atoms with van der Waals surface area (Å²) in [4.78, 5) is 31.0. The van der Waals surface area contributed by atoms with Crippen molar-refractivity contribution in [2.75, 3.05) is 48.6 Å². The summed E-state index contributed by atoms with van der Waals surface area (Å²) < 4.78 is 39.3. The van der Waals surface area contributed by atoms with Gasteiger partial charge in [0, 0.05) is 82.5 Å². The van der Waals surface area contributed by atoms with E-state index >= 15 is 0 Å². The number of allylic oxidation sites excluding steroid dienone is 2. The first kappa shape index (κ1) is 44.7. The van der Waals surface area contributed by atoms with E-state index in [1.165, 1.54) is 51.4 Å². The number of methoxy groups -OCH3 is 4. The van der Waals surface area contributed by atoms with Crippen molar-refractivity contribution >= 4 is 11.9 Å². The molecular weight excluding hydrogens is 747 g/mol. The van der Waals surface area contributed by atoms with E-state index in [2.05, 4.69) is 31.0 Å². The van der Waals surface area contributed by atoms with E-state index in [0.29, 0.717) is 31.4 Å². The van der Waals surface area contributed by atoms with E-state index in [9.17, 15) is 14.7 Å². The molecule has 6 aliphatic rings. The van der Waals surface area contributed by atoms with Gasteiger partial charge in [-0.3, -0.25) is 4.79 Å². The predicted octanol–water partition coefficient (Wildman–Crippen LogP) is 8.33. The summed E-state index contributed by atoms with van der Waals surface area (Å²) in [6.07, 6.45) is 20.7. The van der Waals surface area contributed by atoms with Crippen LogP contribution in [0.25, 0.3) is 0 Å². The van der Waals surface area contributed by atoms with Crippen molar-refractivity contribution in [2.24, 2.45) is 34.5 Å². The van der Waals surface area contributed by atoms with Crippen molar-refractivity contribution in [3.05, 3.63) is 48.0 Å². The minimum absolute atomic E-state index is 0.00948. The van der Waals surface area contributed by atoms with Gasteiger partial charge in [-0.05, 0) is 76.5 Å². The number of benzene rings is 1. The third kappa shape index (κ3) is 7.66. The van der Waals surface area contributed by atoms with Crippen LogP contribution in [-0.4, -0.2) is 112 Å². The number of likely N-dealkylation sites (tertiary alicyclic amines) is 1. The molecule has 7 rings (SSSR count). The second-order valence-corrected chi connectivity index (χ2v) is 19.3. The second kappa shape index (κ2) is 19.0. The molecule has 1 aliphatic heterocycles. The number of rotatable bonds is 23. The number of piperidine rings is 1. The summed E-state index contributed by atoms with van der Waals surface area (Å²) in [6, 6.07) is 8.89. The maximum atomic E-state index is 14.5. The molecule has 1 unspecified atom stereocenters. The van der Waals surface area contributed by atoms with Crippen LogP contribution in [0.4, 0.5) is 0 Å². The molecule has 5 saturated carbocycles. The third-order valence-electron chi connectivity index (χ3n) is 16.3. The minimum atomic E-state index is -1.50. The highest BCUT2D eigenvalue weighted by atomic mass is 16.6. The lowest BCUT2D eigenvalue weighted by Gasteiger charge is -2.69. The second-order valence-electron chi connectivity index (χ2n) is 19.3. The first-order valence-electron chi connectivity index (χ1n) is 23.3. The van der Waals surface area contributed by atoms with Gasteiger partial charge in [-0.1, -0.05) is 88.6 Å². The molecule has 1 aromatic carbocycles. The predicted molar refractivity (Wildman–Crippen MR) is 227 cm³/mol. The van der Waals surface area contributed by atoms with E-state index in [0.717, 1.165) is 51.5 Å². The zero-order chi connectivity index (χ0) is 41.8. The monoisotopic (exact) mass is 822 g/mol. The molecular formula is C49H75NO9. The van der Waals surface area contributed by atoms with Crippen LogP contribution in [-0.2, 0) is 33.2 Å². The number of nitrogens with zero attached hydrogens (tertiary/aromatic N) is 1. The molecule has 7 bridgehead atoms.